The van der Waals surface area contributed by atoms with E-state index in [0.717, 1.165) is 49.5 Å². The number of hydrogen-bond donors (Lipinski definition) is 0. The third-order valence-corrected chi connectivity index (χ3v) is 7.82. The van der Waals surface area contributed by atoms with Crippen LogP contribution in [0, 0.1) is 6.92 Å². The van der Waals surface area contributed by atoms with Crippen LogP contribution in [0.4, 0.5) is 0 Å². The van der Waals surface area contributed by atoms with Gasteiger partial charge >= 0.3 is 0 Å². The minimum absolute atomic E-state index is 0.186. The summed E-state index contributed by atoms with van der Waals surface area (Å²) in [6, 6.07) is 16.4. The van der Waals surface area contributed by atoms with E-state index < -0.39 is 10.0 Å². The van der Waals surface area contributed by atoms with E-state index in [-0.39, 0.29) is 15.7 Å². The topological polar surface area (TPSA) is 77.3 Å². The molecule has 0 bridgehead atoms. The first-order valence-electron chi connectivity index (χ1n) is 10.7. The Morgan fingerprint density at radius 1 is 1.03 bits per heavy atom. The number of hydrogen-bond acceptors (Lipinski definition) is 6. The average Bonchev–Trinajstić information content (AvgIpc) is 3.22. The molecule has 170 valence electrons. The number of halogens is 1. The normalized spacial score (nSPS) is 15.2. The molecule has 1 saturated heterocycles. The molecule has 9 heteroatoms. The van der Waals surface area contributed by atoms with Gasteiger partial charge in [0, 0.05) is 19.6 Å². The van der Waals surface area contributed by atoms with Gasteiger partial charge in [0.1, 0.15) is 11.5 Å². The summed E-state index contributed by atoms with van der Waals surface area (Å²) in [6.45, 7) is 5.87. The monoisotopic (exact) mass is 482 g/mol. The summed E-state index contributed by atoms with van der Waals surface area (Å²) in [5.74, 6) is 0. The minimum atomic E-state index is -3.93. The van der Waals surface area contributed by atoms with E-state index in [9.17, 15) is 8.42 Å². The fraction of sp³-hybridized carbons (Fsp3) is 0.250. The maximum absolute atomic E-state index is 13.8. The van der Waals surface area contributed by atoms with Crippen LogP contribution in [0.1, 0.15) is 11.1 Å². The van der Waals surface area contributed by atoms with Crippen molar-refractivity contribution in [2.45, 2.75) is 18.4 Å². The van der Waals surface area contributed by atoms with E-state index in [4.69, 9.17) is 16.3 Å². The smallest absolute Gasteiger partial charge is 0.269 e. The molecule has 0 atom stereocenters. The Hall–Kier alpha value is -2.78. The van der Waals surface area contributed by atoms with Crippen molar-refractivity contribution in [1.29, 1.82) is 0 Å². The van der Waals surface area contributed by atoms with Gasteiger partial charge in [-0.05, 0) is 42.3 Å². The number of aryl methyl sites for hydroxylation is 1. The zero-order chi connectivity index (χ0) is 23.0. The minimum Gasteiger partial charge on any atom is -0.379 e. The highest BCUT2D eigenvalue weighted by Gasteiger charge is 2.26. The number of benzene rings is 2. The molecule has 0 radical (unpaired) electrons. The molecular formula is C24H23ClN4O3S. The number of rotatable bonds is 5. The molecule has 1 aliphatic rings. The average molecular weight is 483 g/mol. The van der Waals surface area contributed by atoms with Crippen molar-refractivity contribution in [1.82, 2.24) is 18.8 Å². The molecule has 3 heterocycles. The first-order valence-corrected chi connectivity index (χ1v) is 12.5. The second-order valence-electron chi connectivity index (χ2n) is 8.10. The molecular weight excluding hydrogens is 460 g/mol. The Morgan fingerprint density at radius 2 is 1.79 bits per heavy atom. The Balaban J connectivity index is 1.65. The number of nitrogens with zero attached hydrogens (tertiary/aromatic N) is 4. The van der Waals surface area contributed by atoms with Gasteiger partial charge < -0.3 is 4.74 Å². The largest absolute Gasteiger partial charge is 0.379 e. The Labute approximate surface area is 197 Å². The number of aromatic nitrogens is 3. The highest BCUT2D eigenvalue weighted by Crippen LogP contribution is 2.34. The van der Waals surface area contributed by atoms with E-state index in [1.165, 1.54) is 10.3 Å². The Bertz CT molecular complexity index is 1410. The molecule has 1 aliphatic heterocycles. The van der Waals surface area contributed by atoms with Gasteiger partial charge in [-0.25, -0.2) is 22.4 Å². The molecule has 0 N–H and O–H groups in total. The third-order valence-electron chi connectivity index (χ3n) is 5.80. The molecule has 4 aromatic rings. The summed E-state index contributed by atoms with van der Waals surface area (Å²) in [7, 11) is -3.93. The number of ether oxygens (including phenoxy) is 1. The van der Waals surface area contributed by atoms with Crippen molar-refractivity contribution in [3.05, 3.63) is 77.2 Å². The summed E-state index contributed by atoms with van der Waals surface area (Å²) < 4.78 is 34.2. The van der Waals surface area contributed by atoms with E-state index in [1.807, 2.05) is 31.2 Å². The summed E-state index contributed by atoms with van der Waals surface area (Å²) in [5, 5.41) is 0.701. The van der Waals surface area contributed by atoms with Crippen LogP contribution in [0.3, 0.4) is 0 Å². The van der Waals surface area contributed by atoms with Crippen LogP contribution in [0.25, 0.3) is 22.3 Å². The maximum Gasteiger partial charge on any atom is 0.269 e. The van der Waals surface area contributed by atoms with Gasteiger partial charge in [0.2, 0.25) is 0 Å². The molecule has 0 unspecified atom stereocenters. The summed E-state index contributed by atoms with van der Waals surface area (Å²) in [6.07, 6.45) is 1.28. The van der Waals surface area contributed by atoms with Crippen LogP contribution >= 0.6 is 11.6 Å². The van der Waals surface area contributed by atoms with Crippen molar-refractivity contribution in [3.63, 3.8) is 0 Å². The molecule has 0 saturated carbocycles. The summed E-state index contributed by atoms with van der Waals surface area (Å²) >= 11 is 6.33. The van der Waals surface area contributed by atoms with Crippen molar-refractivity contribution >= 4 is 32.7 Å². The van der Waals surface area contributed by atoms with Crippen LogP contribution in [0.2, 0.25) is 5.15 Å². The van der Waals surface area contributed by atoms with Gasteiger partial charge in [-0.2, -0.15) is 0 Å². The third kappa shape index (κ3) is 4.27. The zero-order valence-corrected chi connectivity index (χ0v) is 19.7. The molecule has 0 spiro atoms. The number of fused-ring (bicyclic) bond motifs is 1. The number of morpholine rings is 1. The quantitative estimate of drug-likeness (QED) is 0.398. The van der Waals surface area contributed by atoms with Gasteiger partial charge in [-0.3, -0.25) is 4.90 Å². The molecule has 5 rings (SSSR count). The predicted molar refractivity (Wildman–Crippen MR) is 128 cm³/mol. The van der Waals surface area contributed by atoms with Crippen LogP contribution < -0.4 is 0 Å². The Kier molecular flexibility index (Phi) is 5.92. The zero-order valence-electron chi connectivity index (χ0n) is 18.1. The fourth-order valence-electron chi connectivity index (χ4n) is 4.07. The first-order chi connectivity index (χ1) is 15.9. The summed E-state index contributed by atoms with van der Waals surface area (Å²) in [4.78, 5) is 10.8. The van der Waals surface area contributed by atoms with Crippen LogP contribution in [0.5, 0.6) is 0 Å². The van der Waals surface area contributed by atoms with Crippen molar-refractivity contribution in [2.24, 2.45) is 0 Å². The molecule has 0 amide bonds. The van der Waals surface area contributed by atoms with Crippen LogP contribution in [-0.2, 0) is 21.3 Å². The van der Waals surface area contributed by atoms with E-state index in [0.29, 0.717) is 11.1 Å². The lowest BCUT2D eigenvalue weighted by Crippen LogP contribution is -2.35. The molecule has 1 fully saturated rings. The van der Waals surface area contributed by atoms with Gasteiger partial charge in [0.05, 0.1) is 29.2 Å². The highest BCUT2D eigenvalue weighted by atomic mass is 35.5. The lowest BCUT2D eigenvalue weighted by Gasteiger charge is -2.26. The van der Waals surface area contributed by atoms with E-state index in [2.05, 4.69) is 14.9 Å². The lowest BCUT2D eigenvalue weighted by molar-refractivity contribution is 0.0342. The van der Waals surface area contributed by atoms with Gasteiger partial charge in [-0.15, -0.1) is 0 Å². The van der Waals surface area contributed by atoms with E-state index in [1.54, 1.807) is 30.3 Å². The molecule has 7 nitrogen and oxygen atoms in total. The summed E-state index contributed by atoms with van der Waals surface area (Å²) in [5.41, 5.74) is 3.59. The SMILES string of the molecule is Cc1ccc(S(=O)(=O)n2c(-c3cccc(CN4CCOCC4)c3)cc3c(Cl)ncnc32)cc1. The van der Waals surface area contributed by atoms with Crippen molar-refractivity contribution in [3.8, 4) is 11.3 Å². The maximum atomic E-state index is 13.8. The molecule has 33 heavy (non-hydrogen) atoms. The van der Waals surface area contributed by atoms with E-state index >= 15 is 0 Å². The highest BCUT2D eigenvalue weighted by molar-refractivity contribution is 7.90. The second-order valence-corrected chi connectivity index (χ2v) is 10.2. The Morgan fingerprint density at radius 3 is 2.55 bits per heavy atom. The van der Waals surface area contributed by atoms with Crippen LogP contribution in [0.15, 0.2) is 65.8 Å². The van der Waals surface area contributed by atoms with Gasteiger partial charge in [0.25, 0.3) is 10.0 Å². The molecule has 2 aromatic heterocycles. The molecule has 0 aliphatic carbocycles. The standard InChI is InChI=1S/C24H23ClN4O3S/c1-17-5-7-20(8-6-17)33(30,31)29-22(14-21-23(25)26-16-27-24(21)29)19-4-2-3-18(13-19)15-28-9-11-32-12-10-28/h2-8,13-14,16H,9-12,15H2,1H3. The van der Waals surface area contributed by atoms with Crippen LogP contribution in [-0.4, -0.2) is 53.6 Å². The predicted octanol–water partition coefficient (Wildman–Crippen LogP) is 4.13. The molecule has 2 aromatic carbocycles. The van der Waals surface area contributed by atoms with Gasteiger partial charge in [0.15, 0.2) is 5.65 Å². The lowest BCUT2D eigenvalue weighted by atomic mass is 10.1. The van der Waals surface area contributed by atoms with Gasteiger partial charge in [-0.1, -0.05) is 47.5 Å². The van der Waals surface area contributed by atoms with Crippen molar-refractivity contribution < 1.29 is 13.2 Å². The fourth-order valence-corrected chi connectivity index (χ4v) is 5.73. The first kappa shape index (κ1) is 22.0. The van der Waals surface area contributed by atoms with Crippen molar-refractivity contribution in [2.75, 3.05) is 26.3 Å². The second kappa shape index (κ2) is 8.87.